The van der Waals surface area contributed by atoms with Gasteiger partial charge in [0.15, 0.2) is 0 Å². The zero-order valence-corrected chi connectivity index (χ0v) is 11.8. The van der Waals surface area contributed by atoms with E-state index in [9.17, 15) is 0 Å². The van der Waals surface area contributed by atoms with Crippen molar-refractivity contribution in [3.05, 3.63) is 41.9 Å². The van der Waals surface area contributed by atoms with Gasteiger partial charge in [-0.1, -0.05) is 6.07 Å². The Bertz CT molecular complexity index is 584. The maximum absolute atomic E-state index is 5.80. The van der Waals surface area contributed by atoms with Crippen LogP contribution >= 0.6 is 0 Å². The summed E-state index contributed by atoms with van der Waals surface area (Å²) in [5.74, 6) is 1.41. The number of ether oxygens (including phenoxy) is 1. The lowest BCUT2D eigenvalue weighted by atomic mass is 10.0. The second-order valence-corrected chi connectivity index (χ2v) is 5.13. The molecule has 0 aromatic carbocycles. The molecule has 0 bridgehead atoms. The van der Waals surface area contributed by atoms with Crippen molar-refractivity contribution in [2.45, 2.75) is 18.8 Å². The van der Waals surface area contributed by atoms with E-state index in [-0.39, 0.29) is 0 Å². The van der Waals surface area contributed by atoms with E-state index in [1.54, 1.807) is 6.20 Å². The molecule has 6 nitrogen and oxygen atoms in total. The summed E-state index contributed by atoms with van der Waals surface area (Å²) in [5.41, 5.74) is 7.95. The summed E-state index contributed by atoms with van der Waals surface area (Å²) in [5, 5.41) is 3.30. The normalized spacial score (nSPS) is 17.8. The lowest BCUT2D eigenvalue weighted by Gasteiger charge is -2.11. The number of nitrogen functional groups attached to an aromatic ring is 1. The quantitative estimate of drug-likeness (QED) is 0.868. The largest absolute Gasteiger partial charge is 0.381 e. The van der Waals surface area contributed by atoms with E-state index in [2.05, 4.69) is 26.3 Å². The van der Waals surface area contributed by atoms with E-state index in [1.165, 1.54) is 5.56 Å². The number of rotatable bonds is 5. The third-order valence-electron chi connectivity index (χ3n) is 3.55. The predicted molar refractivity (Wildman–Crippen MR) is 81.1 cm³/mol. The van der Waals surface area contributed by atoms with Crippen LogP contribution < -0.4 is 11.1 Å². The van der Waals surface area contributed by atoms with Crippen molar-refractivity contribution in [2.75, 3.05) is 30.8 Å². The Morgan fingerprint density at radius 1 is 1.38 bits per heavy atom. The summed E-state index contributed by atoms with van der Waals surface area (Å²) in [6.07, 6.45) is 5.53. The van der Waals surface area contributed by atoms with Crippen LogP contribution in [0.5, 0.6) is 0 Å². The number of hydrogen-bond acceptors (Lipinski definition) is 6. The van der Waals surface area contributed by atoms with Crippen molar-refractivity contribution >= 4 is 11.8 Å². The van der Waals surface area contributed by atoms with Gasteiger partial charge in [0.2, 0.25) is 5.95 Å². The fraction of sp³-hybridized carbons (Fsp3) is 0.400. The van der Waals surface area contributed by atoms with Crippen molar-refractivity contribution in [1.82, 2.24) is 15.0 Å². The molecule has 110 valence electrons. The monoisotopic (exact) mass is 285 g/mol. The molecule has 0 aliphatic carbocycles. The Hall–Kier alpha value is -2.21. The molecule has 0 unspecified atom stereocenters. The molecular weight excluding hydrogens is 266 g/mol. The van der Waals surface area contributed by atoms with Gasteiger partial charge in [0.25, 0.3) is 0 Å². The number of nitrogens with zero attached hydrogens (tertiary/aromatic N) is 3. The molecule has 2 aromatic heterocycles. The van der Waals surface area contributed by atoms with Gasteiger partial charge >= 0.3 is 0 Å². The van der Waals surface area contributed by atoms with Crippen molar-refractivity contribution in [2.24, 2.45) is 0 Å². The highest BCUT2D eigenvalue weighted by atomic mass is 16.5. The number of nitrogens with one attached hydrogen (secondary N) is 1. The molecule has 1 saturated heterocycles. The summed E-state index contributed by atoms with van der Waals surface area (Å²) < 4.78 is 5.40. The molecule has 21 heavy (non-hydrogen) atoms. The van der Waals surface area contributed by atoms with Crippen LogP contribution in [0.25, 0.3) is 0 Å². The summed E-state index contributed by atoms with van der Waals surface area (Å²) >= 11 is 0. The molecule has 0 amide bonds. The zero-order valence-electron chi connectivity index (χ0n) is 11.8. The zero-order chi connectivity index (χ0) is 14.5. The summed E-state index contributed by atoms with van der Waals surface area (Å²) in [4.78, 5) is 12.7. The van der Waals surface area contributed by atoms with Gasteiger partial charge in [-0.3, -0.25) is 4.98 Å². The number of anilines is 2. The molecule has 6 heteroatoms. The summed E-state index contributed by atoms with van der Waals surface area (Å²) in [6.45, 7) is 2.28. The Labute approximate surface area is 123 Å². The first-order chi connectivity index (χ1) is 10.3. The first kappa shape index (κ1) is 13.8. The minimum absolute atomic E-state index is 0.309. The fourth-order valence-corrected chi connectivity index (χ4v) is 2.43. The molecule has 3 rings (SSSR count). The van der Waals surface area contributed by atoms with Crippen LogP contribution in [0.15, 0.2) is 30.6 Å². The van der Waals surface area contributed by atoms with Crippen LogP contribution in [0.3, 0.4) is 0 Å². The van der Waals surface area contributed by atoms with Gasteiger partial charge in [-0.2, -0.15) is 4.98 Å². The van der Waals surface area contributed by atoms with Crippen molar-refractivity contribution in [1.29, 1.82) is 0 Å². The highest BCUT2D eigenvalue weighted by Gasteiger charge is 2.20. The van der Waals surface area contributed by atoms with Crippen molar-refractivity contribution in [3.8, 4) is 0 Å². The minimum Gasteiger partial charge on any atom is -0.381 e. The lowest BCUT2D eigenvalue weighted by Crippen LogP contribution is -2.11. The van der Waals surface area contributed by atoms with E-state index in [0.29, 0.717) is 18.5 Å². The maximum Gasteiger partial charge on any atom is 0.222 e. The Balaban J connectivity index is 1.62. The first-order valence-electron chi connectivity index (χ1n) is 7.16. The Kier molecular flexibility index (Phi) is 4.25. The van der Waals surface area contributed by atoms with Gasteiger partial charge in [-0.15, -0.1) is 0 Å². The van der Waals surface area contributed by atoms with E-state index in [0.717, 1.165) is 37.5 Å². The van der Waals surface area contributed by atoms with Gasteiger partial charge in [0, 0.05) is 37.5 Å². The smallest absolute Gasteiger partial charge is 0.222 e. The van der Waals surface area contributed by atoms with Crippen LogP contribution in [0, 0.1) is 0 Å². The van der Waals surface area contributed by atoms with Crippen LogP contribution in [-0.2, 0) is 11.2 Å². The first-order valence-corrected chi connectivity index (χ1v) is 7.16. The van der Waals surface area contributed by atoms with Crippen molar-refractivity contribution < 1.29 is 4.74 Å². The summed E-state index contributed by atoms with van der Waals surface area (Å²) in [7, 11) is 0. The number of aromatic nitrogens is 3. The molecule has 3 heterocycles. The molecule has 1 atom stereocenters. The van der Waals surface area contributed by atoms with Gasteiger partial charge in [-0.05, 0) is 24.5 Å². The van der Waals surface area contributed by atoms with E-state index < -0.39 is 0 Å². The highest BCUT2D eigenvalue weighted by molar-refractivity contribution is 5.41. The van der Waals surface area contributed by atoms with E-state index in [4.69, 9.17) is 10.5 Å². The SMILES string of the molecule is Nc1nc(NCCc2cccnc2)cc([C@H]2CCOC2)n1. The second kappa shape index (κ2) is 6.49. The van der Waals surface area contributed by atoms with Crippen LogP contribution in [0.4, 0.5) is 11.8 Å². The number of hydrogen-bond donors (Lipinski definition) is 2. The van der Waals surface area contributed by atoms with Crippen LogP contribution in [0.1, 0.15) is 23.6 Å². The molecule has 0 saturated carbocycles. The molecule has 0 radical (unpaired) electrons. The molecular formula is C15H19N5O. The lowest BCUT2D eigenvalue weighted by molar-refractivity contribution is 0.193. The topological polar surface area (TPSA) is 86.0 Å². The Morgan fingerprint density at radius 2 is 2.33 bits per heavy atom. The van der Waals surface area contributed by atoms with E-state index >= 15 is 0 Å². The average Bonchev–Trinajstić information content (AvgIpc) is 3.02. The Morgan fingerprint density at radius 3 is 3.10 bits per heavy atom. The second-order valence-electron chi connectivity index (χ2n) is 5.13. The molecule has 1 aliphatic heterocycles. The third kappa shape index (κ3) is 3.66. The minimum atomic E-state index is 0.309. The maximum atomic E-state index is 5.80. The van der Waals surface area contributed by atoms with Crippen molar-refractivity contribution in [3.63, 3.8) is 0 Å². The van der Waals surface area contributed by atoms with Crippen LogP contribution in [0.2, 0.25) is 0 Å². The molecule has 1 aliphatic rings. The predicted octanol–water partition coefficient (Wildman–Crippen LogP) is 1.61. The standard InChI is InChI=1S/C15H19N5O/c16-15-19-13(12-4-7-21-10-12)8-14(20-15)18-6-3-11-2-1-5-17-9-11/h1-2,5,8-9,12H,3-4,6-7,10H2,(H3,16,18,19,20)/t12-/m0/s1. The van der Waals surface area contributed by atoms with Crippen LogP contribution in [-0.4, -0.2) is 34.7 Å². The molecule has 1 fully saturated rings. The molecule has 3 N–H and O–H groups in total. The van der Waals surface area contributed by atoms with Gasteiger partial charge < -0.3 is 15.8 Å². The third-order valence-corrected chi connectivity index (χ3v) is 3.55. The number of pyridine rings is 1. The van der Waals surface area contributed by atoms with Gasteiger partial charge in [0.1, 0.15) is 5.82 Å². The summed E-state index contributed by atoms with van der Waals surface area (Å²) in [6, 6.07) is 5.97. The van der Waals surface area contributed by atoms with E-state index in [1.807, 2.05) is 18.3 Å². The number of nitrogens with two attached hydrogens (primary N) is 1. The average molecular weight is 285 g/mol. The van der Waals surface area contributed by atoms with Gasteiger partial charge in [0.05, 0.1) is 12.3 Å². The molecule has 2 aromatic rings. The highest BCUT2D eigenvalue weighted by Crippen LogP contribution is 2.25. The molecule has 0 spiro atoms. The van der Waals surface area contributed by atoms with Gasteiger partial charge in [-0.25, -0.2) is 4.98 Å². The fourth-order valence-electron chi connectivity index (χ4n) is 2.43.